The van der Waals surface area contributed by atoms with E-state index in [0.717, 1.165) is 51.5 Å². The highest BCUT2D eigenvalue weighted by atomic mass is 16.5. The molecule has 0 aliphatic carbocycles. The molecule has 0 atom stereocenters. The molecule has 0 bridgehead atoms. The van der Waals surface area contributed by atoms with Gasteiger partial charge in [0.25, 0.3) is 0 Å². The highest BCUT2D eigenvalue weighted by molar-refractivity contribution is 5.80. The van der Waals surface area contributed by atoms with Gasteiger partial charge in [-0.2, -0.15) is 0 Å². The summed E-state index contributed by atoms with van der Waals surface area (Å²) in [5, 5.41) is 3.39. The topological polar surface area (TPSA) is 57.2 Å². The van der Waals surface area contributed by atoms with Crippen molar-refractivity contribution in [3.8, 4) is 0 Å². The standard InChI is InChI=1S/C18H28N4O2/c1-19-18(20-11-7-6-10-17(23)24-2)22-14-12-21(13-15-22)16-8-4-3-5-9-16/h3-5,8-9H,6-7,10-15H2,1-2H3,(H,19,20). The van der Waals surface area contributed by atoms with Crippen molar-refractivity contribution < 1.29 is 9.53 Å². The predicted molar refractivity (Wildman–Crippen MR) is 97.5 cm³/mol. The first-order chi connectivity index (χ1) is 11.7. The molecular formula is C18H28N4O2. The Morgan fingerprint density at radius 3 is 2.50 bits per heavy atom. The van der Waals surface area contributed by atoms with Crippen LogP contribution in [0.15, 0.2) is 35.3 Å². The fraction of sp³-hybridized carbons (Fsp3) is 0.556. The van der Waals surface area contributed by atoms with Crippen molar-refractivity contribution >= 4 is 17.6 Å². The molecule has 1 aliphatic rings. The molecule has 0 amide bonds. The second kappa shape index (κ2) is 9.80. The Hall–Kier alpha value is -2.24. The SMILES string of the molecule is CN=C(NCCCCC(=O)OC)N1CCN(c2ccccc2)CC1. The van der Waals surface area contributed by atoms with Crippen LogP contribution in [-0.4, -0.2) is 63.7 Å². The second-order valence-electron chi connectivity index (χ2n) is 5.82. The Bertz CT molecular complexity index is 525. The summed E-state index contributed by atoms with van der Waals surface area (Å²) < 4.78 is 4.64. The molecule has 132 valence electrons. The van der Waals surface area contributed by atoms with Crippen LogP contribution in [0.4, 0.5) is 5.69 Å². The lowest BCUT2D eigenvalue weighted by molar-refractivity contribution is -0.140. The molecule has 0 spiro atoms. The Morgan fingerprint density at radius 2 is 1.88 bits per heavy atom. The van der Waals surface area contributed by atoms with E-state index in [2.05, 4.69) is 49.1 Å². The summed E-state index contributed by atoms with van der Waals surface area (Å²) in [5.41, 5.74) is 1.28. The zero-order valence-corrected chi connectivity index (χ0v) is 14.7. The maximum absolute atomic E-state index is 11.1. The van der Waals surface area contributed by atoms with Gasteiger partial charge < -0.3 is 19.9 Å². The van der Waals surface area contributed by atoms with Gasteiger partial charge in [-0.25, -0.2) is 0 Å². The number of unbranched alkanes of at least 4 members (excludes halogenated alkanes) is 1. The number of aliphatic imine (C=N–C) groups is 1. The number of carbonyl (C=O) groups excluding carboxylic acids is 1. The maximum Gasteiger partial charge on any atom is 0.305 e. The number of rotatable bonds is 6. The molecule has 1 aromatic rings. The van der Waals surface area contributed by atoms with E-state index in [0.29, 0.717) is 6.42 Å². The van der Waals surface area contributed by atoms with Crippen LogP contribution in [0.1, 0.15) is 19.3 Å². The Morgan fingerprint density at radius 1 is 1.17 bits per heavy atom. The average Bonchev–Trinajstić information content (AvgIpc) is 2.65. The fourth-order valence-corrected chi connectivity index (χ4v) is 2.84. The first kappa shape index (κ1) is 18.1. The Kier molecular flexibility index (Phi) is 7.39. The minimum Gasteiger partial charge on any atom is -0.469 e. The average molecular weight is 332 g/mol. The first-order valence-electron chi connectivity index (χ1n) is 8.57. The van der Waals surface area contributed by atoms with Crippen molar-refractivity contribution in [2.24, 2.45) is 4.99 Å². The van der Waals surface area contributed by atoms with Crippen molar-refractivity contribution in [1.29, 1.82) is 0 Å². The van der Waals surface area contributed by atoms with E-state index < -0.39 is 0 Å². The van der Waals surface area contributed by atoms with E-state index in [1.807, 2.05) is 13.1 Å². The number of nitrogens with one attached hydrogen (secondary N) is 1. The van der Waals surface area contributed by atoms with Gasteiger partial charge >= 0.3 is 5.97 Å². The number of esters is 1. The van der Waals surface area contributed by atoms with Crippen LogP contribution in [0.5, 0.6) is 0 Å². The number of anilines is 1. The summed E-state index contributed by atoms with van der Waals surface area (Å²) in [6, 6.07) is 10.5. The summed E-state index contributed by atoms with van der Waals surface area (Å²) in [6.45, 7) is 4.72. The Labute approximate surface area is 144 Å². The highest BCUT2D eigenvalue weighted by Crippen LogP contribution is 2.15. The van der Waals surface area contributed by atoms with Crippen LogP contribution in [0.3, 0.4) is 0 Å². The normalized spacial score (nSPS) is 15.3. The number of hydrogen-bond acceptors (Lipinski definition) is 4. The number of methoxy groups -OCH3 is 1. The number of guanidine groups is 1. The molecule has 6 heteroatoms. The lowest BCUT2D eigenvalue weighted by atomic mass is 10.2. The molecule has 1 saturated heterocycles. The van der Waals surface area contributed by atoms with Crippen LogP contribution in [0.2, 0.25) is 0 Å². The van der Waals surface area contributed by atoms with E-state index in [4.69, 9.17) is 0 Å². The van der Waals surface area contributed by atoms with Gasteiger partial charge in [-0.15, -0.1) is 0 Å². The number of carbonyl (C=O) groups is 1. The van der Waals surface area contributed by atoms with Gasteiger partial charge in [-0.05, 0) is 25.0 Å². The fourth-order valence-electron chi connectivity index (χ4n) is 2.84. The van der Waals surface area contributed by atoms with Gasteiger partial charge in [0.2, 0.25) is 0 Å². The summed E-state index contributed by atoms with van der Waals surface area (Å²) in [6.07, 6.45) is 2.24. The number of ether oxygens (including phenoxy) is 1. The van der Waals surface area contributed by atoms with Gasteiger partial charge in [0.15, 0.2) is 5.96 Å². The number of benzene rings is 1. The van der Waals surface area contributed by atoms with Crippen molar-refractivity contribution in [3.05, 3.63) is 30.3 Å². The molecule has 0 radical (unpaired) electrons. The number of nitrogens with zero attached hydrogens (tertiary/aromatic N) is 3. The van der Waals surface area contributed by atoms with E-state index >= 15 is 0 Å². The zero-order chi connectivity index (χ0) is 17.2. The quantitative estimate of drug-likeness (QED) is 0.372. The second-order valence-corrected chi connectivity index (χ2v) is 5.82. The van der Waals surface area contributed by atoms with Crippen molar-refractivity contribution in [2.75, 3.05) is 51.8 Å². The van der Waals surface area contributed by atoms with Gasteiger partial charge in [0.05, 0.1) is 7.11 Å². The van der Waals surface area contributed by atoms with Crippen molar-refractivity contribution in [1.82, 2.24) is 10.2 Å². The van der Waals surface area contributed by atoms with Crippen molar-refractivity contribution in [2.45, 2.75) is 19.3 Å². The van der Waals surface area contributed by atoms with E-state index in [1.165, 1.54) is 12.8 Å². The molecule has 0 unspecified atom stereocenters. The summed E-state index contributed by atoms with van der Waals surface area (Å²) in [7, 11) is 3.25. The molecule has 1 heterocycles. The summed E-state index contributed by atoms with van der Waals surface area (Å²) in [4.78, 5) is 20.2. The van der Waals surface area contributed by atoms with Crippen LogP contribution in [-0.2, 0) is 9.53 Å². The first-order valence-corrected chi connectivity index (χ1v) is 8.57. The van der Waals surface area contributed by atoms with Gasteiger partial charge in [0.1, 0.15) is 0 Å². The molecule has 6 nitrogen and oxygen atoms in total. The summed E-state index contributed by atoms with van der Waals surface area (Å²) >= 11 is 0. The van der Waals surface area contributed by atoms with Crippen molar-refractivity contribution in [3.63, 3.8) is 0 Å². The third kappa shape index (κ3) is 5.44. The molecular weight excluding hydrogens is 304 g/mol. The number of piperazine rings is 1. The maximum atomic E-state index is 11.1. The van der Waals surface area contributed by atoms with E-state index in [9.17, 15) is 4.79 Å². The van der Waals surface area contributed by atoms with Crippen LogP contribution >= 0.6 is 0 Å². The van der Waals surface area contributed by atoms with Crippen LogP contribution in [0.25, 0.3) is 0 Å². The van der Waals surface area contributed by atoms with E-state index in [1.54, 1.807) is 0 Å². The van der Waals surface area contributed by atoms with E-state index in [-0.39, 0.29) is 5.97 Å². The largest absolute Gasteiger partial charge is 0.469 e. The summed E-state index contributed by atoms with van der Waals surface area (Å²) in [5.74, 6) is 0.803. The molecule has 1 aliphatic heterocycles. The third-order valence-corrected chi connectivity index (χ3v) is 4.23. The molecule has 1 fully saturated rings. The molecule has 24 heavy (non-hydrogen) atoms. The highest BCUT2D eigenvalue weighted by Gasteiger charge is 2.19. The minimum atomic E-state index is -0.142. The van der Waals surface area contributed by atoms with Crippen LogP contribution in [0, 0.1) is 0 Å². The lowest BCUT2D eigenvalue weighted by Gasteiger charge is -2.37. The number of para-hydroxylation sites is 1. The zero-order valence-electron chi connectivity index (χ0n) is 14.7. The van der Waals surface area contributed by atoms with Gasteiger partial charge in [0, 0.05) is 51.9 Å². The van der Waals surface area contributed by atoms with Gasteiger partial charge in [-0.3, -0.25) is 9.79 Å². The molecule has 0 aromatic heterocycles. The predicted octanol–water partition coefficient (Wildman–Crippen LogP) is 1.73. The van der Waals surface area contributed by atoms with Crippen LogP contribution < -0.4 is 10.2 Å². The number of hydrogen-bond donors (Lipinski definition) is 1. The minimum absolute atomic E-state index is 0.142. The molecule has 1 aromatic carbocycles. The monoisotopic (exact) mass is 332 g/mol. The molecule has 2 rings (SSSR count). The smallest absolute Gasteiger partial charge is 0.305 e. The third-order valence-electron chi connectivity index (χ3n) is 4.23. The Balaban J connectivity index is 1.70. The lowest BCUT2D eigenvalue weighted by Crippen LogP contribution is -2.52. The van der Waals surface area contributed by atoms with Gasteiger partial charge in [-0.1, -0.05) is 18.2 Å². The molecule has 1 N–H and O–H groups in total. The molecule has 0 saturated carbocycles.